The van der Waals surface area contributed by atoms with Crippen molar-refractivity contribution in [1.29, 1.82) is 5.26 Å². The summed E-state index contributed by atoms with van der Waals surface area (Å²) in [6.07, 6.45) is 4.95. The van der Waals surface area contributed by atoms with Gasteiger partial charge in [0.25, 0.3) is 5.56 Å². The summed E-state index contributed by atoms with van der Waals surface area (Å²) in [6, 6.07) is 12.3. The second-order valence-electron chi connectivity index (χ2n) is 11.7. The monoisotopic (exact) mass is 586 g/mol. The van der Waals surface area contributed by atoms with Crippen LogP contribution in [-0.2, 0) is 7.05 Å². The summed E-state index contributed by atoms with van der Waals surface area (Å²) < 4.78 is 16.5. The van der Waals surface area contributed by atoms with Crippen molar-refractivity contribution < 1.29 is 4.39 Å². The predicted molar refractivity (Wildman–Crippen MR) is 165 cm³/mol. The van der Waals surface area contributed by atoms with Crippen LogP contribution in [0.2, 0.25) is 5.02 Å². The molecule has 11 heteroatoms. The van der Waals surface area contributed by atoms with E-state index in [-0.39, 0.29) is 11.0 Å². The Labute approximate surface area is 247 Å². The van der Waals surface area contributed by atoms with E-state index in [4.69, 9.17) is 11.6 Å². The minimum absolute atomic E-state index is 0.0406. The van der Waals surface area contributed by atoms with Crippen molar-refractivity contribution in [2.45, 2.75) is 39.8 Å². The van der Waals surface area contributed by atoms with E-state index in [0.717, 1.165) is 10.9 Å². The molecule has 0 fully saturated rings. The third-order valence-electron chi connectivity index (χ3n) is 7.12. The van der Waals surface area contributed by atoms with Crippen molar-refractivity contribution in [3.63, 3.8) is 0 Å². The number of benzene rings is 2. The van der Waals surface area contributed by atoms with E-state index in [1.165, 1.54) is 15.4 Å². The van der Waals surface area contributed by atoms with Crippen LogP contribution >= 0.6 is 11.6 Å². The minimum atomic E-state index is -0.593. The molecule has 0 aliphatic carbocycles. The quantitative estimate of drug-likeness (QED) is 0.216. The molecule has 216 valence electrons. The van der Waals surface area contributed by atoms with Gasteiger partial charge in [0.2, 0.25) is 0 Å². The molecule has 5 aromatic rings. The molecule has 0 spiro atoms. The summed E-state index contributed by atoms with van der Waals surface area (Å²) in [7, 11) is 1.71. The number of fused-ring (bicyclic) bond motifs is 2. The molecule has 0 aliphatic heterocycles. The Bertz CT molecular complexity index is 1890. The van der Waals surface area contributed by atoms with Gasteiger partial charge in [-0.3, -0.25) is 9.78 Å². The lowest BCUT2D eigenvalue weighted by molar-refractivity contribution is 0.351. The molecule has 42 heavy (non-hydrogen) atoms. The summed E-state index contributed by atoms with van der Waals surface area (Å²) in [5.74, 6) is 0. The highest BCUT2D eigenvalue weighted by atomic mass is 35.5. The van der Waals surface area contributed by atoms with Gasteiger partial charge in [-0.25, -0.2) is 9.07 Å². The molecule has 0 saturated carbocycles. The van der Waals surface area contributed by atoms with Gasteiger partial charge in [-0.2, -0.15) is 5.26 Å². The number of hydrogen-bond acceptors (Lipinski definition) is 7. The van der Waals surface area contributed by atoms with E-state index in [9.17, 15) is 14.4 Å². The second-order valence-corrected chi connectivity index (χ2v) is 12.1. The van der Waals surface area contributed by atoms with Crippen LogP contribution in [0.15, 0.2) is 59.8 Å². The van der Waals surface area contributed by atoms with Crippen molar-refractivity contribution in [2.24, 2.45) is 12.5 Å². The molecule has 0 aliphatic rings. The van der Waals surface area contributed by atoms with Crippen LogP contribution < -0.4 is 16.2 Å². The largest absolute Gasteiger partial charge is 0.383 e. The Morgan fingerprint density at radius 2 is 1.95 bits per heavy atom. The van der Waals surface area contributed by atoms with Crippen LogP contribution in [0.1, 0.15) is 56.6 Å². The maximum absolute atomic E-state index is 13.5. The fourth-order valence-corrected chi connectivity index (χ4v) is 5.08. The first-order chi connectivity index (χ1) is 20.0. The van der Waals surface area contributed by atoms with E-state index in [1.807, 2.05) is 24.3 Å². The van der Waals surface area contributed by atoms with Crippen molar-refractivity contribution in [3.8, 4) is 6.07 Å². The number of nitriles is 1. The molecular formula is C31H32ClFN8O. The minimum Gasteiger partial charge on any atom is -0.383 e. The highest BCUT2D eigenvalue weighted by Crippen LogP contribution is 2.37. The zero-order valence-electron chi connectivity index (χ0n) is 24.1. The zero-order chi connectivity index (χ0) is 30.2. The maximum atomic E-state index is 13.5. The Balaban J connectivity index is 1.68. The van der Waals surface area contributed by atoms with Gasteiger partial charge in [0.1, 0.15) is 18.4 Å². The zero-order valence-corrected chi connectivity index (χ0v) is 24.9. The van der Waals surface area contributed by atoms with Gasteiger partial charge >= 0.3 is 0 Å². The van der Waals surface area contributed by atoms with Gasteiger partial charge < -0.3 is 15.2 Å². The number of nitrogens with zero attached hydrogens (tertiary/aromatic N) is 6. The third-order valence-corrected chi connectivity index (χ3v) is 7.41. The Kier molecular flexibility index (Phi) is 7.89. The lowest BCUT2D eigenvalue weighted by atomic mass is 9.96. The number of nitrogens with one attached hydrogen (secondary N) is 2. The highest BCUT2D eigenvalue weighted by molar-refractivity contribution is 6.35. The lowest BCUT2D eigenvalue weighted by Crippen LogP contribution is -2.20. The molecule has 0 amide bonds. The Hall–Kier alpha value is -4.49. The van der Waals surface area contributed by atoms with Gasteiger partial charge in [0.05, 0.1) is 40.1 Å². The second kappa shape index (κ2) is 11.4. The lowest BCUT2D eigenvalue weighted by Gasteiger charge is -2.23. The number of anilines is 2. The fraction of sp³-hybridized carbons (Fsp3) is 0.323. The van der Waals surface area contributed by atoms with Gasteiger partial charge in [-0.05, 0) is 47.6 Å². The predicted octanol–water partition coefficient (Wildman–Crippen LogP) is 6.39. The number of alkyl halides is 1. The summed E-state index contributed by atoms with van der Waals surface area (Å²) in [6.45, 7) is 8.07. The highest BCUT2D eigenvalue weighted by Gasteiger charge is 2.23. The molecule has 2 aromatic carbocycles. The van der Waals surface area contributed by atoms with Gasteiger partial charge in [-0.15, -0.1) is 5.10 Å². The maximum Gasteiger partial charge on any atom is 0.258 e. The smallest absolute Gasteiger partial charge is 0.258 e. The summed E-state index contributed by atoms with van der Waals surface area (Å²) in [5, 5.41) is 27.8. The summed E-state index contributed by atoms with van der Waals surface area (Å²) in [4.78, 5) is 17.4. The molecule has 3 heterocycles. The first-order valence-electron chi connectivity index (χ1n) is 13.6. The first kappa shape index (κ1) is 29.0. The van der Waals surface area contributed by atoms with Crippen molar-refractivity contribution >= 4 is 44.7 Å². The molecule has 9 nitrogen and oxygen atoms in total. The number of aryl methyl sites for hydroxylation is 1. The standard InChI is InChI=1S/C31H32ClFN8O/c1-18(13-33)41-16-26(38-39-41)29(22-7-6-8-23-21(22)9-10-40(5)30(23)42)37-20-11-24-27(36-17-31(2,3)4)19(14-34)15-35-28(24)25(32)12-20/h6-12,15-16,18,29,37H,13,17H2,1-5H3,(H,35,36)/t18-,29-/m0/s1. The van der Waals surface area contributed by atoms with Gasteiger partial charge in [0.15, 0.2) is 0 Å². The molecule has 3 aromatic heterocycles. The molecule has 5 rings (SSSR count). The summed E-state index contributed by atoms with van der Waals surface area (Å²) >= 11 is 6.76. The van der Waals surface area contributed by atoms with Crippen LogP contribution in [0.4, 0.5) is 15.8 Å². The van der Waals surface area contributed by atoms with Crippen molar-refractivity contribution in [3.05, 3.63) is 87.2 Å². The van der Waals surface area contributed by atoms with E-state index in [0.29, 0.717) is 50.5 Å². The van der Waals surface area contributed by atoms with E-state index < -0.39 is 18.8 Å². The molecular weight excluding hydrogens is 555 g/mol. The van der Waals surface area contributed by atoms with E-state index >= 15 is 0 Å². The molecule has 0 saturated heterocycles. The van der Waals surface area contributed by atoms with Crippen LogP contribution in [0.5, 0.6) is 0 Å². The number of pyridine rings is 2. The van der Waals surface area contributed by atoms with E-state index in [1.54, 1.807) is 38.5 Å². The van der Waals surface area contributed by atoms with Crippen LogP contribution in [0, 0.1) is 16.7 Å². The third kappa shape index (κ3) is 5.65. The average Bonchev–Trinajstić information content (AvgIpc) is 3.45. The summed E-state index contributed by atoms with van der Waals surface area (Å²) in [5.41, 5.74) is 3.42. The molecule has 0 radical (unpaired) electrons. The topological polar surface area (TPSA) is 113 Å². The Morgan fingerprint density at radius 1 is 1.17 bits per heavy atom. The molecule has 0 bridgehead atoms. The molecule has 2 atom stereocenters. The number of rotatable bonds is 8. The van der Waals surface area contributed by atoms with E-state index in [2.05, 4.69) is 52.8 Å². The normalized spacial score (nSPS) is 13.2. The van der Waals surface area contributed by atoms with Crippen molar-refractivity contribution in [2.75, 3.05) is 23.9 Å². The van der Waals surface area contributed by atoms with Crippen LogP contribution in [0.25, 0.3) is 21.7 Å². The Morgan fingerprint density at radius 3 is 2.67 bits per heavy atom. The molecule has 2 N–H and O–H groups in total. The van der Waals surface area contributed by atoms with Crippen LogP contribution in [0.3, 0.4) is 0 Å². The van der Waals surface area contributed by atoms with Gasteiger partial charge in [-0.1, -0.05) is 49.7 Å². The average molecular weight is 587 g/mol. The van der Waals surface area contributed by atoms with Crippen molar-refractivity contribution in [1.82, 2.24) is 24.5 Å². The number of halogens is 2. The number of aromatic nitrogens is 5. The van der Waals surface area contributed by atoms with Gasteiger partial charge in [0, 0.05) is 42.4 Å². The number of hydrogen-bond donors (Lipinski definition) is 2. The SMILES string of the molecule is C[C@@H](CF)n1cc([C@@H](Nc2cc(Cl)c3ncc(C#N)c(NCC(C)(C)C)c3c2)c2cccc3c(=O)n(C)ccc23)nn1. The first-order valence-corrected chi connectivity index (χ1v) is 14.0. The molecule has 0 unspecified atom stereocenters. The van der Waals surface area contributed by atoms with Crippen LogP contribution in [-0.4, -0.2) is 37.8 Å². The fourth-order valence-electron chi connectivity index (χ4n) is 4.81.